The highest BCUT2D eigenvalue weighted by Crippen LogP contribution is 2.26. The predicted molar refractivity (Wildman–Crippen MR) is 78.3 cm³/mol. The maximum Gasteiger partial charge on any atom is 0.129 e. The molecule has 2 atom stereocenters. The van der Waals surface area contributed by atoms with Gasteiger partial charge >= 0.3 is 0 Å². The van der Waals surface area contributed by atoms with Gasteiger partial charge in [0.15, 0.2) is 0 Å². The summed E-state index contributed by atoms with van der Waals surface area (Å²) < 4.78 is 0. The van der Waals surface area contributed by atoms with Crippen LogP contribution in [-0.2, 0) is 0 Å². The van der Waals surface area contributed by atoms with Crippen LogP contribution < -0.4 is 5.32 Å². The largest absolute Gasteiger partial charge is 0.393 e. The van der Waals surface area contributed by atoms with Crippen LogP contribution in [0.15, 0.2) is 30.3 Å². The molecule has 3 nitrogen and oxygen atoms in total. The number of aliphatic hydroxyl groups is 1. The Morgan fingerprint density at radius 3 is 2.95 bits per heavy atom. The summed E-state index contributed by atoms with van der Waals surface area (Å²) in [6, 6.07) is 10.4. The van der Waals surface area contributed by atoms with E-state index in [0.29, 0.717) is 5.92 Å². The summed E-state index contributed by atoms with van der Waals surface area (Å²) in [6.07, 6.45) is 2.87. The molecule has 1 saturated carbocycles. The summed E-state index contributed by atoms with van der Waals surface area (Å²) in [6.45, 7) is 2.99. The number of aromatic nitrogens is 1. The van der Waals surface area contributed by atoms with Crippen molar-refractivity contribution in [3.63, 3.8) is 0 Å². The normalized spacial score (nSPS) is 22.8. The average Bonchev–Trinajstić information content (AvgIpc) is 2.82. The van der Waals surface area contributed by atoms with Crippen LogP contribution >= 0.6 is 0 Å². The monoisotopic (exact) mass is 256 g/mol. The zero-order chi connectivity index (χ0) is 13.2. The van der Waals surface area contributed by atoms with Crippen LogP contribution in [0.5, 0.6) is 0 Å². The number of hydrogen-bond acceptors (Lipinski definition) is 3. The average molecular weight is 256 g/mol. The van der Waals surface area contributed by atoms with E-state index in [1.807, 2.05) is 18.2 Å². The Hall–Kier alpha value is -1.61. The van der Waals surface area contributed by atoms with Gasteiger partial charge in [0.1, 0.15) is 5.82 Å². The van der Waals surface area contributed by atoms with Crippen molar-refractivity contribution in [2.75, 3.05) is 11.9 Å². The SMILES string of the molecule is Cc1cc2ccccc2nc1NCC1CCC(O)C1. The first-order valence-corrected chi connectivity index (χ1v) is 7.00. The molecule has 1 aromatic heterocycles. The van der Waals surface area contributed by atoms with E-state index in [0.717, 1.165) is 37.1 Å². The van der Waals surface area contributed by atoms with Gasteiger partial charge in [-0.15, -0.1) is 0 Å². The molecule has 100 valence electrons. The molecule has 19 heavy (non-hydrogen) atoms. The van der Waals surface area contributed by atoms with Crippen molar-refractivity contribution >= 4 is 16.7 Å². The van der Waals surface area contributed by atoms with E-state index in [1.165, 1.54) is 10.9 Å². The van der Waals surface area contributed by atoms with Gasteiger partial charge in [-0.3, -0.25) is 0 Å². The summed E-state index contributed by atoms with van der Waals surface area (Å²) in [7, 11) is 0. The second-order valence-corrected chi connectivity index (χ2v) is 5.56. The smallest absolute Gasteiger partial charge is 0.129 e. The first-order chi connectivity index (χ1) is 9.22. The van der Waals surface area contributed by atoms with Crippen molar-refractivity contribution < 1.29 is 5.11 Å². The molecule has 1 heterocycles. The molecular formula is C16H20N2O. The van der Waals surface area contributed by atoms with Crippen molar-refractivity contribution in [2.45, 2.75) is 32.3 Å². The molecule has 0 aliphatic heterocycles. The lowest BCUT2D eigenvalue weighted by Crippen LogP contribution is -2.14. The third-order valence-electron chi connectivity index (χ3n) is 3.99. The molecular weight excluding hydrogens is 236 g/mol. The third-order valence-corrected chi connectivity index (χ3v) is 3.99. The van der Waals surface area contributed by atoms with Crippen LogP contribution in [0.3, 0.4) is 0 Å². The number of pyridine rings is 1. The molecule has 0 bridgehead atoms. The van der Waals surface area contributed by atoms with E-state index < -0.39 is 0 Å². The quantitative estimate of drug-likeness (QED) is 0.887. The molecule has 0 amide bonds. The molecule has 1 fully saturated rings. The summed E-state index contributed by atoms with van der Waals surface area (Å²) in [4.78, 5) is 4.68. The lowest BCUT2D eigenvalue weighted by Gasteiger charge is -2.14. The van der Waals surface area contributed by atoms with Crippen LogP contribution in [0.25, 0.3) is 10.9 Å². The molecule has 3 heteroatoms. The fourth-order valence-electron chi connectivity index (χ4n) is 2.88. The minimum absolute atomic E-state index is 0.0996. The van der Waals surface area contributed by atoms with Crippen LogP contribution in [0.1, 0.15) is 24.8 Å². The molecule has 2 N–H and O–H groups in total. The van der Waals surface area contributed by atoms with Crippen molar-refractivity contribution in [3.05, 3.63) is 35.9 Å². The molecule has 0 saturated heterocycles. The number of nitrogens with one attached hydrogen (secondary N) is 1. The molecule has 3 rings (SSSR count). The van der Waals surface area contributed by atoms with Crippen LogP contribution in [0, 0.1) is 12.8 Å². The van der Waals surface area contributed by atoms with Crippen molar-refractivity contribution in [2.24, 2.45) is 5.92 Å². The van der Waals surface area contributed by atoms with Gasteiger partial charge in [-0.25, -0.2) is 4.98 Å². The van der Waals surface area contributed by atoms with E-state index in [9.17, 15) is 5.11 Å². The number of benzene rings is 1. The van der Waals surface area contributed by atoms with Crippen molar-refractivity contribution in [1.29, 1.82) is 0 Å². The standard InChI is InChI=1S/C16H20N2O/c1-11-8-13-4-2-3-5-15(13)18-16(11)17-10-12-6-7-14(19)9-12/h2-5,8,12,14,19H,6-7,9-10H2,1H3,(H,17,18). The number of anilines is 1. The van der Waals surface area contributed by atoms with Gasteiger partial charge in [0.05, 0.1) is 11.6 Å². The van der Waals surface area contributed by atoms with Crippen LogP contribution in [0.4, 0.5) is 5.82 Å². The number of rotatable bonds is 3. The van der Waals surface area contributed by atoms with E-state index in [1.54, 1.807) is 0 Å². The fourth-order valence-corrected chi connectivity index (χ4v) is 2.88. The van der Waals surface area contributed by atoms with Gasteiger partial charge in [0.2, 0.25) is 0 Å². The molecule has 2 unspecified atom stereocenters. The van der Waals surface area contributed by atoms with Gasteiger partial charge in [-0.05, 0) is 49.8 Å². The molecule has 1 aliphatic carbocycles. The maximum absolute atomic E-state index is 9.55. The molecule has 0 spiro atoms. The van der Waals surface area contributed by atoms with Crippen molar-refractivity contribution in [1.82, 2.24) is 4.98 Å². The lowest BCUT2D eigenvalue weighted by atomic mass is 10.1. The number of aryl methyl sites for hydroxylation is 1. The van der Waals surface area contributed by atoms with E-state index in [2.05, 4.69) is 29.4 Å². The highest BCUT2D eigenvalue weighted by Gasteiger charge is 2.22. The van der Waals surface area contributed by atoms with E-state index in [4.69, 9.17) is 0 Å². The highest BCUT2D eigenvalue weighted by molar-refractivity contribution is 5.81. The van der Waals surface area contributed by atoms with E-state index >= 15 is 0 Å². The zero-order valence-electron chi connectivity index (χ0n) is 11.3. The maximum atomic E-state index is 9.55. The zero-order valence-corrected chi connectivity index (χ0v) is 11.3. The van der Waals surface area contributed by atoms with Crippen LogP contribution in [-0.4, -0.2) is 22.7 Å². The van der Waals surface area contributed by atoms with Gasteiger partial charge in [-0.1, -0.05) is 18.2 Å². The fraction of sp³-hybridized carbons (Fsp3) is 0.438. The topological polar surface area (TPSA) is 45.2 Å². The van der Waals surface area contributed by atoms with Gasteiger partial charge in [-0.2, -0.15) is 0 Å². The summed E-state index contributed by atoms with van der Waals surface area (Å²) in [5, 5.41) is 14.2. The Labute approximate surface area is 113 Å². The lowest BCUT2D eigenvalue weighted by molar-refractivity contribution is 0.178. The Morgan fingerprint density at radius 1 is 1.32 bits per heavy atom. The van der Waals surface area contributed by atoms with Crippen LogP contribution in [0.2, 0.25) is 0 Å². The molecule has 1 aliphatic rings. The summed E-state index contributed by atoms with van der Waals surface area (Å²) in [5.41, 5.74) is 2.21. The number of aliphatic hydroxyl groups excluding tert-OH is 1. The Morgan fingerprint density at radius 2 is 2.16 bits per heavy atom. The van der Waals surface area contributed by atoms with E-state index in [-0.39, 0.29) is 6.10 Å². The third kappa shape index (κ3) is 2.71. The van der Waals surface area contributed by atoms with Gasteiger partial charge in [0, 0.05) is 11.9 Å². The minimum atomic E-state index is -0.0996. The molecule has 0 radical (unpaired) electrons. The van der Waals surface area contributed by atoms with Gasteiger partial charge in [0.25, 0.3) is 0 Å². The van der Waals surface area contributed by atoms with Crippen molar-refractivity contribution in [3.8, 4) is 0 Å². The second kappa shape index (κ2) is 5.17. The second-order valence-electron chi connectivity index (χ2n) is 5.56. The number of para-hydroxylation sites is 1. The number of nitrogens with zero attached hydrogens (tertiary/aromatic N) is 1. The minimum Gasteiger partial charge on any atom is -0.393 e. The Kier molecular flexibility index (Phi) is 3.38. The number of hydrogen-bond donors (Lipinski definition) is 2. The first kappa shape index (κ1) is 12.4. The molecule has 1 aromatic carbocycles. The number of fused-ring (bicyclic) bond motifs is 1. The predicted octanol–water partition coefficient (Wildman–Crippen LogP) is 3.12. The summed E-state index contributed by atoms with van der Waals surface area (Å²) >= 11 is 0. The molecule has 2 aromatic rings. The Bertz CT molecular complexity index is 582. The highest BCUT2D eigenvalue weighted by atomic mass is 16.3. The Balaban J connectivity index is 1.75. The summed E-state index contributed by atoms with van der Waals surface area (Å²) in [5.74, 6) is 1.54. The van der Waals surface area contributed by atoms with Gasteiger partial charge < -0.3 is 10.4 Å². The first-order valence-electron chi connectivity index (χ1n) is 7.00.